The largest absolute Gasteiger partial charge is 0.481 e. The van der Waals surface area contributed by atoms with Crippen molar-refractivity contribution in [1.82, 2.24) is 15.2 Å². The summed E-state index contributed by atoms with van der Waals surface area (Å²) in [6.07, 6.45) is -0.0395. The summed E-state index contributed by atoms with van der Waals surface area (Å²) in [4.78, 5) is 27.9. The van der Waals surface area contributed by atoms with Crippen LogP contribution in [-0.4, -0.2) is 46.7 Å². The van der Waals surface area contributed by atoms with Crippen LogP contribution in [0.5, 0.6) is 5.88 Å². The second-order valence-electron chi connectivity index (χ2n) is 4.78. The summed E-state index contributed by atoms with van der Waals surface area (Å²) in [5.41, 5.74) is 0.317. The standard InChI is InChI=1S/C13H15ClFN3O4/c1-22-12-7(5-8(15)10(14)17-12)6-16-11(19)9-3-2-4-18(9)13(20)21/h5,9H,2-4,6H2,1H3,(H,16,19)(H,20,21). The van der Waals surface area contributed by atoms with Crippen molar-refractivity contribution in [3.05, 3.63) is 22.6 Å². The minimum absolute atomic E-state index is 0.0347. The normalized spacial score (nSPS) is 17.4. The molecule has 1 unspecified atom stereocenters. The summed E-state index contributed by atoms with van der Waals surface area (Å²) in [6, 6.07) is 0.395. The summed E-state index contributed by atoms with van der Waals surface area (Å²) >= 11 is 5.56. The first-order chi connectivity index (χ1) is 10.4. The number of nitrogens with zero attached hydrogens (tertiary/aromatic N) is 2. The molecular weight excluding hydrogens is 317 g/mol. The number of ether oxygens (including phenoxy) is 1. The molecule has 2 N–H and O–H groups in total. The number of methoxy groups -OCH3 is 1. The lowest BCUT2D eigenvalue weighted by atomic mass is 10.2. The highest BCUT2D eigenvalue weighted by Crippen LogP contribution is 2.22. The van der Waals surface area contributed by atoms with Crippen LogP contribution in [0.15, 0.2) is 6.07 Å². The molecule has 1 aromatic heterocycles. The van der Waals surface area contributed by atoms with Crippen LogP contribution < -0.4 is 10.1 Å². The molecule has 1 aliphatic heterocycles. The van der Waals surface area contributed by atoms with E-state index >= 15 is 0 Å². The van der Waals surface area contributed by atoms with Crippen LogP contribution in [0, 0.1) is 5.82 Å². The third kappa shape index (κ3) is 3.38. The molecule has 1 atom stereocenters. The number of carboxylic acid groups (broad SMARTS) is 1. The number of pyridine rings is 1. The molecule has 1 fully saturated rings. The van der Waals surface area contributed by atoms with E-state index in [0.29, 0.717) is 24.9 Å². The SMILES string of the molecule is COc1nc(Cl)c(F)cc1CNC(=O)C1CCCN1C(=O)O. The van der Waals surface area contributed by atoms with Crippen molar-refractivity contribution >= 4 is 23.6 Å². The van der Waals surface area contributed by atoms with Gasteiger partial charge < -0.3 is 15.2 Å². The van der Waals surface area contributed by atoms with Gasteiger partial charge >= 0.3 is 6.09 Å². The van der Waals surface area contributed by atoms with Crippen LogP contribution in [0.25, 0.3) is 0 Å². The first kappa shape index (κ1) is 16.3. The second-order valence-corrected chi connectivity index (χ2v) is 5.14. The Balaban J connectivity index is 2.05. The number of hydrogen-bond donors (Lipinski definition) is 2. The van der Waals surface area contributed by atoms with Crippen molar-refractivity contribution in [2.45, 2.75) is 25.4 Å². The number of nitrogens with one attached hydrogen (secondary N) is 1. The fourth-order valence-electron chi connectivity index (χ4n) is 2.36. The summed E-state index contributed by atoms with van der Waals surface area (Å²) in [7, 11) is 1.35. The van der Waals surface area contributed by atoms with Crippen LogP contribution >= 0.6 is 11.6 Å². The smallest absolute Gasteiger partial charge is 0.407 e. The molecule has 0 saturated carbocycles. The molecule has 1 saturated heterocycles. The van der Waals surface area contributed by atoms with Gasteiger partial charge in [-0.1, -0.05) is 11.6 Å². The van der Waals surface area contributed by atoms with Crippen molar-refractivity contribution in [2.75, 3.05) is 13.7 Å². The van der Waals surface area contributed by atoms with Gasteiger partial charge in [-0.15, -0.1) is 0 Å². The number of halogens is 2. The molecule has 1 aromatic rings. The van der Waals surface area contributed by atoms with Gasteiger partial charge in [0.05, 0.1) is 7.11 Å². The van der Waals surface area contributed by atoms with Crippen LogP contribution in [0.1, 0.15) is 18.4 Å². The summed E-state index contributed by atoms with van der Waals surface area (Å²) in [5, 5.41) is 11.3. The lowest BCUT2D eigenvalue weighted by Gasteiger charge is -2.20. The van der Waals surface area contributed by atoms with Crippen LogP contribution in [0.3, 0.4) is 0 Å². The number of aromatic nitrogens is 1. The lowest BCUT2D eigenvalue weighted by molar-refractivity contribution is -0.125. The average Bonchev–Trinajstić information content (AvgIpc) is 2.97. The predicted octanol–water partition coefficient (Wildman–Crippen LogP) is 1.64. The van der Waals surface area contributed by atoms with Crippen LogP contribution in [0.4, 0.5) is 9.18 Å². The lowest BCUT2D eigenvalue weighted by Crippen LogP contribution is -2.45. The van der Waals surface area contributed by atoms with Gasteiger partial charge in [0.15, 0.2) is 11.0 Å². The van der Waals surface area contributed by atoms with Crippen LogP contribution in [-0.2, 0) is 11.3 Å². The molecule has 0 aromatic carbocycles. The Morgan fingerprint density at radius 1 is 1.64 bits per heavy atom. The minimum atomic E-state index is -1.13. The molecule has 2 heterocycles. The van der Waals surface area contributed by atoms with E-state index in [9.17, 15) is 14.0 Å². The molecule has 9 heteroatoms. The number of amides is 2. The van der Waals surface area contributed by atoms with E-state index < -0.39 is 23.9 Å². The number of likely N-dealkylation sites (tertiary alicyclic amines) is 1. The Hall–Kier alpha value is -2.09. The maximum absolute atomic E-state index is 13.4. The quantitative estimate of drug-likeness (QED) is 0.818. The van der Waals surface area contributed by atoms with Gasteiger partial charge in [0, 0.05) is 18.7 Å². The van der Waals surface area contributed by atoms with E-state index in [1.54, 1.807) is 0 Å². The number of rotatable bonds is 4. The predicted molar refractivity (Wildman–Crippen MR) is 75.4 cm³/mol. The summed E-state index contributed by atoms with van der Waals surface area (Å²) < 4.78 is 18.4. The fraction of sp³-hybridized carbons (Fsp3) is 0.462. The molecular formula is C13H15ClFN3O4. The van der Waals surface area contributed by atoms with Gasteiger partial charge in [0.1, 0.15) is 6.04 Å². The first-order valence-electron chi connectivity index (χ1n) is 6.60. The van der Waals surface area contributed by atoms with Crippen molar-refractivity contribution in [3.8, 4) is 5.88 Å². The van der Waals surface area contributed by atoms with E-state index in [1.165, 1.54) is 7.11 Å². The molecule has 22 heavy (non-hydrogen) atoms. The molecule has 0 spiro atoms. The topological polar surface area (TPSA) is 91.8 Å². The van der Waals surface area contributed by atoms with E-state index in [1.807, 2.05) is 0 Å². The van der Waals surface area contributed by atoms with Gasteiger partial charge in [0.2, 0.25) is 11.8 Å². The zero-order valence-corrected chi connectivity index (χ0v) is 12.6. The molecule has 0 bridgehead atoms. The highest BCUT2D eigenvalue weighted by atomic mass is 35.5. The highest BCUT2D eigenvalue weighted by Gasteiger charge is 2.33. The van der Waals surface area contributed by atoms with Gasteiger partial charge in [-0.25, -0.2) is 9.18 Å². The third-order valence-corrected chi connectivity index (χ3v) is 3.69. The highest BCUT2D eigenvalue weighted by molar-refractivity contribution is 6.29. The fourth-order valence-corrected chi connectivity index (χ4v) is 2.49. The molecule has 120 valence electrons. The number of carbonyl (C=O) groups excluding carboxylic acids is 1. The third-order valence-electron chi connectivity index (χ3n) is 3.42. The monoisotopic (exact) mass is 331 g/mol. The molecule has 2 amide bonds. The van der Waals surface area contributed by atoms with Gasteiger partial charge in [-0.05, 0) is 18.9 Å². The number of hydrogen-bond acceptors (Lipinski definition) is 4. The molecule has 2 rings (SSSR count). The van der Waals surface area contributed by atoms with Crippen molar-refractivity contribution in [2.24, 2.45) is 0 Å². The van der Waals surface area contributed by atoms with Gasteiger partial charge in [0.25, 0.3) is 0 Å². The Kier molecular flexibility index (Phi) is 5.02. The molecule has 7 nitrogen and oxygen atoms in total. The van der Waals surface area contributed by atoms with E-state index in [4.69, 9.17) is 21.4 Å². The zero-order chi connectivity index (χ0) is 16.3. The van der Waals surface area contributed by atoms with E-state index in [0.717, 1.165) is 11.0 Å². The Labute approximate surface area is 131 Å². The first-order valence-corrected chi connectivity index (χ1v) is 6.98. The molecule has 0 radical (unpaired) electrons. The Bertz CT molecular complexity index is 599. The second kappa shape index (κ2) is 6.78. The average molecular weight is 332 g/mol. The number of carbonyl (C=O) groups is 2. The van der Waals surface area contributed by atoms with Gasteiger partial charge in [-0.3, -0.25) is 9.69 Å². The Morgan fingerprint density at radius 2 is 2.36 bits per heavy atom. The van der Waals surface area contributed by atoms with Crippen molar-refractivity contribution in [3.63, 3.8) is 0 Å². The molecule has 0 aliphatic carbocycles. The maximum atomic E-state index is 13.4. The van der Waals surface area contributed by atoms with Crippen molar-refractivity contribution < 1.29 is 23.8 Å². The van der Waals surface area contributed by atoms with Crippen LogP contribution in [0.2, 0.25) is 5.15 Å². The van der Waals surface area contributed by atoms with E-state index in [2.05, 4.69) is 10.3 Å². The Morgan fingerprint density at radius 3 is 3.00 bits per heavy atom. The summed E-state index contributed by atoms with van der Waals surface area (Å²) in [6.45, 7) is 0.293. The van der Waals surface area contributed by atoms with Crippen molar-refractivity contribution in [1.29, 1.82) is 0 Å². The summed E-state index contributed by atoms with van der Waals surface area (Å²) in [5.74, 6) is -1.05. The van der Waals surface area contributed by atoms with Gasteiger partial charge in [-0.2, -0.15) is 4.98 Å². The zero-order valence-electron chi connectivity index (χ0n) is 11.8. The molecule has 1 aliphatic rings. The van der Waals surface area contributed by atoms with E-state index in [-0.39, 0.29) is 17.6 Å². The maximum Gasteiger partial charge on any atom is 0.407 e. The minimum Gasteiger partial charge on any atom is -0.481 e.